The van der Waals surface area contributed by atoms with Crippen molar-refractivity contribution in [3.8, 4) is 0 Å². The fourth-order valence-corrected chi connectivity index (χ4v) is 4.08. The second-order valence-corrected chi connectivity index (χ2v) is 6.56. The van der Waals surface area contributed by atoms with Crippen LogP contribution in [0.4, 0.5) is 0 Å². The Morgan fingerprint density at radius 2 is 1.80 bits per heavy atom. The Morgan fingerprint density at radius 1 is 1.10 bits per heavy atom. The minimum Gasteiger partial charge on any atom is -0.314 e. The number of nitrogens with zero attached hydrogens (tertiary/aromatic N) is 1. The van der Waals surface area contributed by atoms with E-state index in [0.717, 1.165) is 19.0 Å². The van der Waals surface area contributed by atoms with E-state index < -0.39 is 0 Å². The van der Waals surface area contributed by atoms with Gasteiger partial charge in [-0.25, -0.2) is 0 Å². The van der Waals surface area contributed by atoms with E-state index in [4.69, 9.17) is 0 Å². The molecule has 0 spiro atoms. The summed E-state index contributed by atoms with van der Waals surface area (Å²) < 4.78 is 0. The zero-order valence-electron chi connectivity index (χ0n) is 13.0. The second kappa shape index (κ2) is 6.28. The Bertz CT molecular complexity index is 443. The van der Waals surface area contributed by atoms with Crippen molar-refractivity contribution in [3.05, 3.63) is 34.9 Å². The van der Waals surface area contributed by atoms with Crippen LogP contribution in [0.1, 0.15) is 48.4 Å². The first-order valence-electron chi connectivity index (χ1n) is 8.28. The van der Waals surface area contributed by atoms with Crippen LogP contribution in [0.2, 0.25) is 0 Å². The van der Waals surface area contributed by atoms with E-state index >= 15 is 0 Å². The van der Waals surface area contributed by atoms with Crippen LogP contribution in [-0.4, -0.2) is 31.1 Å². The summed E-state index contributed by atoms with van der Waals surface area (Å²) >= 11 is 0. The molecule has 1 aliphatic heterocycles. The maximum atomic E-state index is 3.50. The van der Waals surface area contributed by atoms with Crippen LogP contribution in [0, 0.1) is 19.8 Å². The number of benzene rings is 1. The highest BCUT2D eigenvalue weighted by atomic mass is 15.2. The third-order valence-electron chi connectivity index (χ3n) is 5.36. The van der Waals surface area contributed by atoms with Gasteiger partial charge in [0.1, 0.15) is 0 Å². The molecular formula is C18H28N2. The van der Waals surface area contributed by atoms with Crippen LogP contribution in [0.15, 0.2) is 18.2 Å². The molecule has 2 nitrogen and oxygen atoms in total. The highest BCUT2D eigenvalue weighted by Crippen LogP contribution is 2.41. The lowest BCUT2D eigenvalue weighted by Crippen LogP contribution is -2.46. The summed E-state index contributed by atoms with van der Waals surface area (Å²) in [6.07, 6.45) is 5.69. The smallest absolute Gasteiger partial charge is 0.0380 e. The predicted molar refractivity (Wildman–Crippen MR) is 85.1 cm³/mol. The lowest BCUT2D eigenvalue weighted by molar-refractivity contribution is 0.125. The van der Waals surface area contributed by atoms with Gasteiger partial charge < -0.3 is 5.32 Å². The maximum Gasteiger partial charge on any atom is 0.0380 e. The zero-order valence-corrected chi connectivity index (χ0v) is 13.0. The van der Waals surface area contributed by atoms with E-state index in [1.807, 2.05) is 0 Å². The topological polar surface area (TPSA) is 15.3 Å². The van der Waals surface area contributed by atoms with Crippen molar-refractivity contribution in [1.29, 1.82) is 0 Å². The molecule has 2 heteroatoms. The van der Waals surface area contributed by atoms with Crippen LogP contribution in [0.25, 0.3) is 0 Å². The van der Waals surface area contributed by atoms with Gasteiger partial charge in [-0.05, 0) is 49.3 Å². The molecule has 2 aliphatic rings. The Morgan fingerprint density at radius 3 is 2.50 bits per heavy atom. The molecule has 0 aromatic heterocycles. The highest BCUT2D eigenvalue weighted by Gasteiger charge is 2.32. The van der Waals surface area contributed by atoms with Gasteiger partial charge in [0.2, 0.25) is 0 Å². The summed E-state index contributed by atoms with van der Waals surface area (Å²) in [7, 11) is 0. The van der Waals surface area contributed by atoms with Crippen molar-refractivity contribution in [2.75, 3.05) is 26.2 Å². The zero-order chi connectivity index (χ0) is 13.9. The van der Waals surface area contributed by atoms with Gasteiger partial charge in [0.25, 0.3) is 0 Å². The van der Waals surface area contributed by atoms with Gasteiger partial charge >= 0.3 is 0 Å². The summed E-state index contributed by atoms with van der Waals surface area (Å²) in [4.78, 5) is 2.74. The number of nitrogens with one attached hydrogen (secondary N) is 1. The molecule has 1 atom stereocenters. The number of hydrogen-bond acceptors (Lipinski definition) is 2. The summed E-state index contributed by atoms with van der Waals surface area (Å²) in [5.41, 5.74) is 4.56. The molecule has 0 unspecified atom stereocenters. The number of rotatable bonds is 3. The van der Waals surface area contributed by atoms with Crippen LogP contribution < -0.4 is 5.32 Å². The summed E-state index contributed by atoms with van der Waals surface area (Å²) in [5.74, 6) is 0.869. The van der Waals surface area contributed by atoms with Crippen LogP contribution in [-0.2, 0) is 0 Å². The molecule has 0 radical (unpaired) electrons. The van der Waals surface area contributed by atoms with Crippen molar-refractivity contribution in [2.24, 2.45) is 5.92 Å². The van der Waals surface area contributed by atoms with E-state index in [-0.39, 0.29) is 0 Å². The van der Waals surface area contributed by atoms with Gasteiger partial charge in [0, 0.05) is 32.2 Å². The van der Waals surface area contributed by atoms with Gasteiger partial charge in [-0.2, -0.15) is 0 Å². The van der Waals surface area contributed by atoms with Crippen LogP contribution in [0.3, 0.4) is 0 Å². The van der Waals surface area contributed by atoms with Crippen molar-refractivity contribution in [3.63, 3.8) is 0 Å². The van der Waals surface area contributed by atoms with Crippen molar-refractivity contribution in [2.45, 2.75) is 45.6 Å². The molecule has 0 amide bonds. The van der Waals surface area contributed by atoms with E-state index in [0.29, 0.717) is 6.04 Å². The number of aryl methyl sites for hydroxylation is 1. The van der Waals surface area contributed by atoms with Crippen LogP contribution in [0.5, 0.6) is 0 Å². The quantitative estimate of drug-likeness (QED) is 0.907. The molecule has 110 valence electrons. The Balaban J connectivity index is 1.93. The highest BCUT2D eigenvalue weighted by molar-refractivity contribution is 5.36. The van der Waals surface area contributed by atoms with Crippen molar-refractivity contribution < 1.29 is 0 Å². The fourth-order valence-electron chi connectivity index (χ4n) is 4.08. The van der Waals surface area contributed by atoms with Crippen LogP contribution >= 0.6 is 0 Å². The molecule has 0 bridgehead atoms. The average molecular weight is 272 g/mol. The van der Waals surface area contributed by atoms with E-state index in [1.165, 1.54) is 49.9 Å². The molecule has 1 aliphatic carbocycles. The normalized spacial score (nSPS) is 23.1. The Hall–Kier alpha value is -0.860. The van der Waals surface area contributed by atoms with Gasteiger partial charge in [0.15, 0.2) is 0 Å². The average Bonchev–Trinajstić information content (AvgIpc) is 2.99. The number of piperazine rings is 1. The largest absolute Gasteiger partial charge is 0.314 e. The van der Waals surface area contributed by atoms with E-state index in [2.05, 4.69) is 42.3 Å². The molecule has 20 heavy (non-hydrogen) atoms. The predicted octanol–water partition coefficient (Wildman–Crippen LogP) is 3.44. The summed E-state index contributed by atoms with van der Waals surface area (Å²) in [6.45, 7) is 9.27. The van der Waals surface area contributed by atoms with Gasteiger partial charge in [-0.3, -0.25) is 4.90 Å². The third-order valence-corrected chi connectivity index (χ3v) is 5.36. The van der Waals surface area contributed by atoms with Gasteiger partial charge in [-0.1, -0.05) is 31.0 Å². The molecular weight excluding hydrogens is 244 g/mol. The van der Waals surface area contributed by atoms with Gasteiger partial charge in [-0.15, -0.1) is 0 Å². The second-order valence-electron chi connectivity index (χ2n) is 6.56. The van der Waals surface area contributed by atoms with Gasteiger partial charge in [0.05, 0.1) is 0 Å². The number of hydrogen-bond donors (Lipinski definition) is 1. The Labute approximate surface area is 123 Å². The minimum absolute atomic E-state index is 0.652. The lowest BCUT2D eigenvalue weighted by atomic mass is 9.86. The standard InChI is InChI=1S/C18H28N2/c1-14-6-5-9-17(15(14)2)18(16-7-3-4-8-16)20-12-10-19-11-13-20/h5-6,9,16,18-19H,3-4,7-8,10-13H2,1-2H3/t18-/m1/s1. The monoisotopic (exact) mass is 272 g/mol. The summed E-state index contributed by atoms with van der Waals surface area (Å²) in [5, 5.41) is 3.50. The van der Waals surface area contributed by atoms with Crippen molar-refractivity contribution in [1.82, 2.24) is 10.2 Å². The first-order chi connectivity index (χ1) is 9.77. The first kappa shape index (κ1) is 14.1. The molecule has 1 aromatic carbocycles. The molecule has 2 fully saturated rings. The maximum absolute atomic E-state index is 3.50. The molecule has 1 saturated heterocycles. The fraction of sp³-hybridized carbons (Fsp3) is 0.667. The minimum atomic E-state index is 0.652. The van der Waals surface area contributed by atoms with E-state index in [1.54, 1.807) is 5.56 Å². The molecule has 3 rings (SSSR count). The molecule has 1 N–H and O–H groups in total. The third kappa shape index (κ3) is 2.77. The van der Waals surface area contributed by atoms with Crippen molar-refractivity contribution >= 4 is 0 Å². The summed E-state index contributed by atoms with van der Waals surface area (Å²) in [6, 6.07) is 7.54. The molecule has 1 saturated carbocycles. The lowest BCUT2D eigenvalue weighted by Gasteiger charge is -2.39. The SMILES string of the molecule is Cc1cccc([C@@H](C2CCCC2)N2CCNCC2)c1C. The van der Waals surface area contributed by atoms with E-state index in [9.17, 15) is 0 Å². The molecule has 1 aromatic rings. The Kier molecular flexibility index (Phi) is 4.42. The molecule has 1 heterocycles. The first-order valence-corrected chi connectivity index (χ1v) is 8.28.